The first kappa shape index (κ1) is 3.20. The number of hydrogen-bond donors (Lipinski definition) is 1. The molecule has 0 aliphatic heterocycles. The monoisotopic (exact) mass is 63.0 g/mol. The minimum atomic E-state index is -1.00. The summed E-state index contributed by atoms with van der Waals surface area (Å²) in [5, 5.41) is 7.58. The lowest BCUT2D eigenvalue weighted by Crippen LogP contribution is -2.04. The molecule has 0 rings (SSSR count). The molecule has 24 valence electrons. The SMILES string of the molecule is N[N+](=O)[O-].[H+]. The van der Waals surface area contributed by atoms with E-state index in [1.165, 1.54) is 0 Å². The Kier molecular flexibility index (Phi) is 0.524. The minimum Gasteiger partial charge on any atom is -0.235 e. The molecule has 0 fully saturated rings. The topological polar surface area (TPSA) is 69.2 Å². The van der Waals surface area contributed by atoms with Crippen molar-refractivity contribution in [1.29, 1.82) is 0 Å². The fourth-order valence-electron chi connectivity index (χ4n) is 0. The fourth-order valence-corrected chi connectivity index (χ4v) is 0. The van der Waals surface area contributed by atoms with E-state index >= 15 is 0 Å². The molecule has 0 saturated heterocycles. The van der Waals surface area contributed by atoms with E-state index in [1.54, 1.807) is 0 Å². The second-order valence-electron chi connectivity index (χ2n) is 0.285. The van der Waals surface area contributed by atoms with Gasteiger partial charge >= 0.3 is 1.43 Å². The number of hydrogen-bond acceptors (Lipinski definition) is 2. The van der Waals surface area contributed by atoms with Crippen LogP contribution < -0.4 is 5.84 Å². The smallest absolute Gasteiger partial charge is 0.235 e. The van der Waals surface area contributed by atoms with E-state index in [1.807, 2.05) is 0 Å². The zero-order valence-electron chi connectivity index (χ0n) is 2.84. The van der Waals surface area contributed by atoms with E-state index in [4.69, 9.17) is 10.1 Å². The van der Waals surface area contributed by atoms with Crippen molar-refractivity contribution in [2.75, 3.05) is 0 Å². The molecule has 4 heavy (non-hydrogen) atoms. The van der Waals surface area contributed by atoms with E-state index in [2.05, 4.69) is 5.84 Å². The van der Waals surface area contributed by atoms with Crippen molar-refractivity contribution in [3.05, 3.63) is 10.1 Å². The van der Waals surface area contributed by atoms with Crippen molar-refractivity contribution >= 4 is 0 Å². The Morgan fingerprint density at radius 3 is 2.25 bits per heavy atom. The third kappa shape index (κ3) is 0.0750. The lowest BCUT2D eigenvalue weighted by Gasteiger charge is -1.61. The van der Waals surface area contributed by atoms with Crippen LogP contribution >= 0.6 is 0 Å². The Morgan fingerprint density at radius 2 is 2.25 bits per heavy atom. The zero-order valence-corrected chi connectivity index (χ0v) is 1.84. The molecule has 0 atom stereocenters. The summed E-state index contributed by atoms with van der Waals surface area (Å²) < 4.78 is 0. The largest absolute Gasteiger partial charge is 1.00 e. The number of nitrogens with two attached hydrogens (primary N) is 1. The van der Waals surface area contributed by atoms with Gasteiger partial charge < -0.3 is 0 Å². The van der Waals surface area contributed by atoms with E-state index in [0.29, 0.717) is 0 Å². The summed E-state index contributed by atoms with van der Waals surface area (Å²) in [7, 11) is 0. The fraction of sp³-hybridized carbons (Fsp3) is 0. The zero-order chi connectivity index (χ0) is 3.58. The van der Waals surface area contributed by atoms with Gasteiger partial charge in [-0.3, -0.25) is 0 Å². The molecule has 0 amide bonds. The van der Waals surface area contributed by atoms with Gasteiger partial charge in [0.2, 0.25) is 0 Å². The van der Waals surface area contributed by atoms with Gasteiger partial charge in [-0.05, 0) is 0 Å². The van der Waals surface area contributed by atoms with Crippen LogP contribution in [0, 0.1) is 10.1 Å². The maximum Gasteiger partial charge on any atom is 1.00 e. The Morgan fingerprint density at radius 1 is 2.25 bits per heavy atom. The van der Waals surface area contributed by atoms with Gasteiger partial charge in [-0.1, -0.05) is 0 Å². The molecule has 0 aliphatic rings. The second kappa shape index (κ2) is 0.655. The van der Waals surface area contributed by atoms with Crippen LogP contribution in [0.3, 0.4) is 0 Å². The van der Waals surface area contributed by atoms with Crippen molar-refractivity contribution in [1.82, 2.24) is 0 Å². The third-order valence-electron chi connectivity index (χ3n) is 0. The van der Waals surface area contributed by atoms with Crippen LogP contribution in [0.25, 0.3) is 0 Å². The van der Waals surface area contributed by atoms with Gasteiger partial charge in [0.1, 0.15) is 0 Å². The van der Waals surface area contributed by atoms with E-state index in [9.17, 15) is 0 Å². The molecule has 0 aromatic heterocycles. The molecule has 0 aromatic carbocycles. The molecule has 0 unspecified atom stereocenters. The van der Waals surface area contributed by atoms with Crippen LogP contribution in [0.5, 0.6) is 0 Å². The van der Waals surface area contributed by atoms with Gasteiger partial charge in [-0.2, -0.15) is 5.84 Å². The second-order valence-corrected chi connectivity index (χ2v) is 0.285. The molecule has 0 bridgehead atoms. The number of nitrogens with zero attached hydrogens (tertiary/aromatic N) is 1. The maximum absolute atomic E-state index is 8.58. The van der Waals surface area contributed by atoms with Gasteiger partial charge in [0, 0.05) is 0 Å². The Bertz CT molecular complexity index is 30.6. The van der Waals surface area contributed by atoms with Gasteiger partial charge in [0.25, 0.3) is 0 Å². The molecule has 0 radical (unpaired) electrons. The first-order valence-corrected chi connectivity index (χ1v) is 0.623. The summed E-state index contributed by atoms with van der Waals surface area (Å²) in [5.74, 6) is 3.83. The van der Waals surface area contributed by atoms with Gasteiger partial charge in [-0.15, -0.1) is 0 Å². The van der Waals surface area contributed by atoms with Crippen LogP contribution in [0.2, 0.25) is 0 Å². The van der Waals surface area contributed by atoms with Crippen molar-refractivity contribution in [2.24, 2.45) is 5.84 Å². The number of nitro groups is 1. The highest BCUT2D eigenvalue weighted by Gasteiger charge is 1.57. The summed E-state index contributed by atoms with van der Waals surface area (Å²) in [4.78, 5) is 8.58. The first-order valence-electron chi connectivity index (χ1n) is 0.623. The summed E-state index contributed by atoms with van der Waals surface area (Å²) >= 11 is 0. The predicted octanol–water partition coefficient (Wildman–Crippen LogP) is -0.751. The van der Waals surface area contributed by atoms with E-state index in [0.717, 1.165) is 0 Å². The molecular formula is H3N2O2+. The standard InChI is InChI=1S/H2N2O2/c1-2(3)4/h1H2/p+1. The van der Waals surface area contributed by atoms with Gasteiger partial charge in [-0.25, -0.2) is 10.1 Å². The first-order chi connectivity index (χ1) is 1.73. The minimum absolute atomic E-state index is 0. The number of rotatable bonds is 0. The molecule has 0 aromatic rings. The Balaban J connectivity index is 0. The van der Waals surface area contributed by atoms with E-state index in [-0.39, 0.29) is 1.43 Å². The van der Waals surface area contributed by atoms with Crippen molar-refractivity contribution in [2.45, 2.75) is 0 Å². The molecule has 0 aliphatic carbocycles. The highest BCUT2D eigenvalue weighted by molar-refractivity contribution is 3.87. The quantitative estimate of drug-likeness (QED) is 0.228. The summed E-state index contributed by atoms with van der Waals surface area (Å²) in [6.07, 6.45) is 0. The van der Waals surface area contributed by atoms with Gasteiger partial charge in [0.15, 0.2) is 5.03 Å². The lowest BCUT2D eigenvalue weighted by atomic mass is 12.8. The number of hydrazine groups is 1. The van der Waals surface area contributed by atoms with Crippen LogP contribution in [-0.4, -0.2) is 5.03 Å². The molecule has 4 heteroatoms. The van der Waals surface area contributed by atoms with Crippen LogP contribution in [0.1, 0.15) is 1.43 Å². The Labute approximate surface area is 23.8 Å². The average Bonchev–Trinajstić information content (AvgIpc) is 0.811. The average molecular weight is 63.0 g/mol. The van der Waals surface area contributed by atoms with Crippen molar-refractivity contribution < 1.29 is 6.46 Å². The maximum atomic E-state index is 8.58. The van der Waals surface area contributed by atoms with Crippen LogP contribution in [0.15, 0.2) is 0 Å². The normalized spacial score (nSPS) is 6.00. The molecule has 0 heterocycles. The predicted molar refractivity (Wildman–Crippen MR) is 12.3 cm³/mol. The molecule has 0 saturated carbocycles. The Hall–Kier alpha value is -0.800. The van der Waals surface area contributed by atoms with Crippen molar-refractivity contribution in [3.8, 4) is 0 Å². The highest BCUT2D eigenvalue weighted by Crippen LogP contribution is 1.29. The lowest BCUT2D eigenvalue weighted by molar-refractivity contribution is -0.491. The van der Waals surface area contributed by atoms with Crippen molar-refractivity contribution in [3.63, 3.8) is 0 Å². The van der Waals surface area contributed by atoms with Crippen LogP contribution in [0.4, 0.5) is 0 Å². The summed E-state index contributed by atoms with van der Waals surface area (Å²) in [6, 6.07) is 0. The summed E-state index contributed by atoms with van der Waals surface area (Å²) in [6.45, 7) is 0. The molecule has 4 nitrogen and oxygen atoms in total. The van der Waals surface area contributed by atoms with Crippen LogP contribution in [-0.2, 0) is 0 Å². The highest BCUT2D eigenvalue weighted by atomic mass is 16.7. The molecule has 2 N–H and O–H groups in total. The van der Waals surface area contributed by atoms with E-state index < -0.39 is 5.03 Å². The van der Waals surface area contributed by atoms with Gasteiger partial charge in [0.05, 0.1) is 0 Å². The third-order valence-corrected chi connectivity index (χ3v) is 0. The molecule has 0 spiro atoms. The summed E-state index contributed by atoms with van der Waals surface area (Å²) in [5.41, 5.74) is 0. The molecular weight excluding hydrogens is 60.0 g/mol.